The molecule has 1 aliphatic heterocycles. The molecule has 1 heterocycles. The van der Waals surface area contributed by atoms with Crippen molar-refractivity contribution in [3.05, 3.63) is 34.1 Å². The lowest BCUT2D eigenvalue weighted by Gasteiger charge is -2.28. The highest BCUT2D eigenvalue weighted by atomic mass is 79.9. The molecule has 1 fully saturated rings. The van der Waals surface area contributed by atoms with Crippen molar-refractivity contribution in [1.82, 2.24) is 0 Å². The van der Waals surface area contributed by atoms with Gasteiger partial charge in [-0.3, -0.25) is 0 Å². The lowest BCUT2D eigenvalue weighted by Crippen LogP contribution is -2.42. The Morgan fingerprint density at radius 2 is 2.18 bits per heavy atom. The van der Waals surface area contributed by atoms with Crippen molar-refractivity contribution >= 4 is 15.9 Å². The van der Waals surface area contributed by atoms with Gasteiger partial charge in [0.15, 0.2) is 0 Å². The molecule has 0 saturated carbocycles. The summed E-state index contributed by atoms with van der Waals surface area (Å²) in [6.07, 6.45) is 3.42. The summed E-state index contributed by atoms with van der Waals surface area (Å²) < 4.78 is 19.4. The molecule has 0 aromatic heterocycles. The van der Waals surface area contributed by atoms with Gasteiger partial charge in [-0.25, -0.2) is 4.39 Å². The molecular weight excluding hydrogens is 285 g/mol. The quantitative estimate of drug-likeness (QED) is 0.911. The van der Waals surface area contributed by atoms with Crippen LogP contribution in [0.3, 0.4) is 0 Å². The minimum absolute atomic E-state index is 0.226. The summed E-state index contributed by atoms with van der Waals surface area (Å²) in [5.41, 5.74) is 7.06. The fourth-order valence-electron chi connectivity index (χ4n) is 2.27. The topological polar surface area (TPSA) is 35.2 Å². The molecule has 0 radical (unpaired) electrons. The highest BCUT2D eigenvalue weighted by Gasteiger charge is 2.27. The maximum atomic E-state index is 13.4. The van der Waals surface area contributed by atoms with E-state index in [9.17, 15) is 4.39 Å². The van der Waals surface area contributed by atoms with E-state index in [4.69, 9.17) is 10.5 Å². The lowest BCUT2D eigenvalue weighted by molar-refractivity contribution is 0.139. The zero-order valence-corrected chi connectivity index (χ0v) is 11.3. The Morgan fingerprint density at radius 1 is 1.35 bits per heavy atom. The Labute approximate surface area is 109 Å². The maximum Gasteiger partial charge on any atom is 0.137 e. The Hall–Kier alpha value is -0.450. The summed E-state index contributed by atoms with van der Waals surface area (Å²) in [5.74, 6) is -0.226. The van der Waals surface area contributed by atoms with Gasteiger partial charge in [0.1, 0.15) is 5.82 Å². The average molecular weight is 302 g/mol. The summed E-state index contributed by atoms with van der Waals surface area (Å²) in [6.45, 7) is 1.48. The highest BCUT2D eigenvalue weighted by Crippen LogP contribution is 2.28. The summed E-state index contributed by atoms with van der Waals surface area (Å²) >= 11 is 3.29. The number of hydrogen-bond acceptors (Lipinski definition) is 2. The van der Waals surface area contributed by atoms with Gasteiger partial charge in [-0.1, -0.05) is 12.1 Å². The number of ether oxygens (including phenoxy) is 1. The molecule has 1 aromatic carbocycles. The van der Waals surface area contributed by atoms with Crippen molar-refractivity contribution in [2.75, 3.05) is 13.2 Å². The van der Waals surface area contributed by atoms with Gasteiger partial charge in [-0.15, -0.1) is 0 Å². The molecule has 0 bridgehead atoms. The minimum atomic E-state index is -0.271. The van der Waals surface area contributed by atoms with Crippen molar-refractivity contribution < 1.29 is 9.13 Å². The molecule has 2 N–H and O–H groups in total. The third-order valence-corrected chi connectivity index (χ3v) is 4.17. The minimum Gasteiger partial charge on any atom is -0.381 e. The van der Waals surface area contributed by atoms with Crippen molar-refractivity contribution in [3.8, 4) is 0 Å². The fraction of sp³-hybridized carbons (Fsp3) is 0.538. The first-order valence-electron chi connectivity index (χ1n) is 5.90. The normalized spacial score (nSPS) is 25.6. The van der Waals surface area contributed by atoms with Crippen molar-refractivity contribution in [2.24, 2.45) is 5.73 Å². The van der Waals surface area contributed by atoms with Crippen LogP contribution in [0.5, 0.6) is 0 Å². The molecule has 1 atom stereocenters. The van der Waals surface area contributed by atoms with Gasteiger partial charge in [-0.05, 0) is 53.2 Å². The molecule has 0 aliphatic carbocycles. The van der Waals surface area contributed by atoms with Crippen LogP contribution in [0.15, 0.2) is 22.7 Å². The highest BCUT2D eigenvalue weighted by molar-refractivity contribution is 9.10. The predicted octanol–water partition coefficient (Wildman–Crippen LogP) is 3.03. The number of rotatable bonds is 2. The fourth-order valence-corrected chi connectivity index (χ4v) is 2.67. The van der Waals surface area contributed by atoms with Gasteiger partial charge >= 0.3 is 0 Å². The first kappa shape index (κ1) is 13.0. The Morgan fingerprint density at radius 3 is 3.00 bits per heavy atom. The number of hydrogen-bond donors (Lipinski definition) is 1. The van der Waals surface area contributed by atoms with Crippen LogP contribution in [0.1, 0.15) is 24.8 Å². The molecule has 1 aromatic rings. The molecule has 4 heteroatoms. The van der Waals surface area contributed by atoms with Crippen LogP contribution >= 0.6 is 15.9 Å². The van der Waals surface area contributed by atoms with Crippen molar-refractivity contribution in [1.29, 1.82) is 0 Å². The second kappa shape index (κ2) is 5.46. The molecule has 1 unspecified atom stereocenters. The van der Waals surface area contributed by atoms with E-state index in [2.05, 4.69) is 15.9 Å². The van der Waals surface area contributed by atoms with Crippen LogP contribution in [0, 0.1) is 5.82 Å². The van der Waals surface area contributed by atoms with Gasteiger partial charge in [-0.2, -0.15) is 0 Å². The molecule has 0 amide bonds. The third kappa shape index (κ3) is 3.27. The van der Waals surface area contributed by atoms with Crippen LogP contribution in [-0.2, 0) is 11.2 Å². The molecule has 2 nitrogen and oxygen atoms in total. The van der Waals surface area contributed by atoms with Crippen LogP contribution < -0.4 is 5.73 Å². The van der Waals surface area contributed by atoms with E-state index in [1.54, 1.807) is 6.07 Å². The van der Waals surface area contributed by atoms with Crippen LogP contribution in [0.4, 0.5) is 4.39 Å². The molecule has 0 spiro atoms. The smallest absolute Gasteiger partial charge is 0.137 e. The first-order chi connectivity index (χ1) is 8.11. The Bertz CT molecular complexity index is 389. The molecule has 1 saturated heterocycles. The molecule has 2 rings (SSSR count). The maximum absolute atomic E-state index is 13.4. The van der Waals surface area contributed by atoms with Gasteiger partial charge in [0.05, 0.1) is 4.47 Å². The summed E-state index contributed by atoms with van der Waals surface area (Å²) in [4.78, 5) is 0. The van der Waals surface area contributed by atoms with E-state index in [0.29, 0.717) is 17.5 Å². The van der Waals surface area contributed by atoms with Gasteiger partial charge < -0.3 is 10.5 Å². The summed E-state index contributed by atoms with van der Waals surface area (Å²) in [7, 11) is 0. The van der Waals surface area contributed by atoms with E-state index in [-0.39, 0.29) is 11.4 Å². The Kier molecular flexibility index (Phi) is 4.17. The zero-order valence-electron chi connectivity index (χ0n) is 9.72. The van der Waals surface area contributed by atoms with E-state index < -0.39 is 0 Å². The number of benzene rings is 1. The number of nitrogens with two attached hydrogens (primary N) is 1. The standard InChI is InChI=1S/C13H17BrFNO/c14-12-10(3-1-4-11(12)15)9-13(16)5-2-7-17-8-6-13/h1,3-4H,2,5-9,16H2. The predicted molar refractivity (Wildman–Crippen MR) is 69.4 cm³/mol. The third-order valence-electron chi connectivity index (χ3n) is 3.28. The lowest BCUT2D eigenvalue weighted by atomic mass is 9.85. The van der Waals surface area contributed by atoms with Crippen molar-refractivity contribution in [3.63, 3.8) is 0 Å². The zero-order chi connectivity index (χ0) is 12.3. The first-order valence-corrected chi connectivity index (χ1v) is 6.70. The SMILES string of the molecule is NC1(Cc2cccc(F)c2Br)CCCOCC1. The Balaban J connectivity index is 2.15. The van der Waals surface area contributed by atoms with Gasteiger partial charge in [0, 0.05) is 18.8 Å². The van der Waals surface area contributed by atoms with E-state index >= 15 is 0 Å². The van der Waals surface area contributed by atoms with Crippen molar-refractivity contribution in [2.45, 2.75) is 31.2 Å². The van der Waals surface area contributed by atoms with Crippen LogP contribution in [-0.4, -0.2) is 18.8 Å². The van der Waals surface area contributed by atoms with E-state index in [0.717, 1.165) is 31.4 Å². The van der Waals surface area contributed by atoms with Gasteiger partial charge in [0.2, 0.25) is 0 Å². The monoisotopic (exact) mass is 301 g/mol. The van der Waals surface area contributed by atoms with E-state index in [1.807, 2.05) is 6.07 Å². The molecule has 94 valence electrons. The largest absolute Gasteiger partial charge is 0.381 e. The van der Waals surface area contributed by atoms with Gasteiger partial charge in [0.25, 0.3) is 0 Å². The molecule has 17 heavy (non-hydrogen) atoms. The number of halogens is 2. The summed E-state index contributed by atoms with van der Waals surface area (Å²) in [6, 6.07) is 5.10. The van der Waals surface area contributed by atoms with E-state index in [1.165, 1.54) is 6.07 Å². The molecule has 1 aliphatic rings. The average Bonchev–Trinajstić information content (AvgIpc) is 2.50. The van der Waals surface area contributed by atoms with Crippen LogP contribution in [0.25, 0.3) is 0 Å². The second-order valence-corrected chi connectivity index (χ2v) is 5.51. The van der Waals surface area contributed by atoms with Crippen LogP contribution in [0.2, 0.25) is 0 Å². The molecular formula is C13H17BrFNO. The second-order valence-electron chi connectivity index (χ2n) is 4.72. The summed E-state index contributed by atoms with van der Waals surface area (Å²) in [5, 5.41) is 0.